The fourth-order valence-electron chi connectivity index (χ4n) is 3.63. The molecule has 2 fully saturated rings. The Morgan fingerprint density at radius 1 is 1.29 bits per heavy atom. The number of methoxy groups -OCH3 is 1. The first-order valence-electron chi connectivity index (χ1n) is 10.1. The Kier molecular flexibility index (Phi) is 7.43. The van der Waals surface area contributed by atoms with Gasteiger partial charge in [-0.2, -0.15) is 0 Å². The first-order chi connectivity index (χ1) is 13.5. The van der Waals surface area contributed by atoms with Crippen LogP contribution in [0.3, 0.4) is 0 Å². The molecular formula is C21H31ClN2O4. The summed E-state index contributed by atoms with van der Waals surface area (Å²) >= 11 is 6.40. The monoisotopic (exact) mass is 410 g/mol. The van der Waals surface area contributed by atoms with E-state index in [1.165, 1.54) is 0 Å². The van der Waals surface area contributed by atoms with Crippen molar-refractivity contribution in [2.45, 2.75) is 32.8 Å². The summed E-state index contributed by atoms with van der Waals surface area (Å²) in [6, 6.07) is 3.41. The molecule has 6 nitrogen and oxygen atoms in total. The highest BCUT2D eigenvalue weighted by Crippen LogP contribution is 2.37. The maximum atomic E-state index is 13.0. The van der Waals surface area contributed by atoms with Crippen LogP contribution in [-0.2, 0) is 4.74 Å². The summed E-state index contributed by atoms with van der Waals surface area (Å²) in [6.07, 6.45) is 2.65. The van der Waals surface area contributed by atoms with E-state index in [0.717, 1.165) is 39.1 Å². The molecule has 3 rings (SSSR count). The minimum absolute atomic E-state index is 0.0209. The van der Waals surface area contributed by atoms with Gasteiger partial charge in [0.05, 0.1) is 24.8 Å². The highest BCUT2D eigenvalue weighted by molar-refractivity contribution is 6.32. The van der Waals surface area contributed by atoms with E-state index in [2.05, 4.69) is 18.7 Å². The molecule has 2 saturated heterocycles. The molecule has 1 amide bonds. The molecule has 1 unspecified atom stereocenters. The molecule has 0 aliphatic carbocycles. The molecule has 7 heteroatoms. The normalized spacial score (nSPS) is 20.6. The van der Waals surface area contributed by atoms with Crippen molar-refractivity contribution in [3.05, 3.63) is 22.7 Å². The molecule has 2 heterocycles. The number of piperazine rings is 1. The van der Waals surface area contributed by atoms with Crippen LogP contribution >= 0.6 is 11.6 Å². The average Bonchev–Trinajstić information content (AvgIpc) is 3.19. The van der Waals surface area contributed by atoms with Crippen LogP contribution in [0.25, 0.3) is 0 Å². The predicted octanol–water partition coefficient (Wildman–Crippen LogP) is 3.32. The van der Waals surface area contributed by atoms with E-state index in [1.807, 2.05) is 4.90 Å². The van der Waals surface area contributed by atoms with E-state index in [4.69, 9.17) is 25.8 Å². The summed E-state index contributed by atoms with van der Waals surface area (Å²) in [5.41, 5.74) is 0.534. The first-order valence-corrected chi connectivity index (χ1v) is 10.5. The molecule has 0 radical (unpaired) electrons. The number of rotatable bonds is 7. The maximum Gasteiger partial charge on any atom is 0.254 e. The molecule has 2 aliphatic rings. The molecule has 1 atom stereocenters. The minimum atomic E-state index is -0.0209. The van der Waals surface area contributed by atoms with Crippen LogP contribution in [0.5, 0.6) is 11.5 Å². The summed E-state index contributed by atoms with van der Waals surface area (Å²) in [5, 5.41) is 0.403. The summed E-state index contributed by atoms with van der Waals surface area (Å²) in [7, 11) is 1.56. The number of hydrogen-bond acceptors (Lipinski definition) is 5. The number of carbonyl (C=O) groups is 1. The molecule has 0 saturated carbocycles. The van der Waals surface area contributed by atoms with Gasteiger partial charge in [-0.15, -0.1) is 0 Å². The maximum absolute atomic E-state index is 13.0. The zero-order valence-corrected chi connectivity index (χ0v) is 17.8. The molecule has 1 aromatic carbocycles. The van der Waals surface area contributed by atoms with Crippen molar-refractivity contribution < 1.29 is 19.0 Å². The number of carbonyl (C=O) groups excluding carboxylic acids is 1. The predicted molar refractivity (Wildman–Crippen MR) is 110 cm³/mol. The van der Waals surface area contributed by atoms with Crippen LogP contribution in [0, 0.1) is 5.92 Å². The van der Waals surface area contributed by atoms with Crippen LogP contribution in [0.15, 0.2) is 12.1 Å². The minimum Gasteiger partial charge on any atom is -0.493 e. The third-order valence-electron chi connectivity index (χ3n) is 5.18. The van der Waals surface area contributed by atoms with Gasteiger partial charge in [-0.1, -0.05) is 25.4 Å². The van der Waals surface area contributed by atoms with Crippen molar-refractivity contribution in [3.63, 3.8) is 0 Å². The second-order valence-electron chi connectivity index (χ2n) is 7.92. The molecule has 2 aliphatic heterocycles. The fourth-order valence-corrected chi connectivity index (χ4v) is 3.89. The average molecular weight is 411 g/mol. The Morgan fingerprint density at radius 3 is 2.64 bits per heavy atom. The standard InChI is InChI=1S/C21H31ClN2O4/c1-15(2)14-28-20-18(22)11-16(12-19(20)26-3)21(25)24-8-6-23(7-9-24)13-17-5-4-10-27-17/h11-12,15,17H,4-10,13-14H2,1-3H3. The van der Waals surface area contributed by atoms with Gasteiger partial charge in [-0.05, 0) is 30.9 Å². The lowest BCUT2D eigenvalue weighted by atomic mass is 10.1. The van der Waals surface area contributed by atoms with E-state index >= 15 is 0 Å². The lowest BCUT2D eigenvalue weighted by Gasteiger charge is -2.35. The van der Waals surface area contributed by atoms with Gasteiger partial charge < -0.3 is 19.1 Å². The van der Waals surface area contributed by atoms with E-state index < -0.39 is 0 Å². The lowest BCUT2D eigenvalue weighted by Crippen LogP contribution is -2.50. The molecule has 156 valence electrons. The zero-order chi connectivity index (χ0) is 20.1. The second kappa shape index (κ2) is 9.81. The van der Waals surface area contributed by atoms with Crippen LogP contribution < -0.4 is 9.47 Å². The van der Waals surface area contributed by atoms with Gasteiger partial charge in [-0.3, -0.25) is 9.69 Å². The third-order valence-corrected chi connectivity index (χ3v) is 5.46. The smallest absolute Gasteiger partial charge is 0.254 e. The van der Waals surface area contributed by atoms with Crippen molar-refractivity contribution >= 4 is 17.5 Å². The lowest BCUT2D eigenvalue weighted by molar-refractivity contribution is 0.0432. The molecule has 0 aromatic heterocycles. The topological polar surface area (TPSA) is 51.2 Å². The van der Waals surface area contributed by atoms with E-state index in [0.29, 0.717) is 53.8 Å². The van der Waals surface area contributed by atoms with E-state index in [9.17, 15) is 4.79 Å². The van der Waals surface area contributed by atoms with Crippen LogP contribution in [0.4, 0.5) is 0 Å². The summed E-state index contributed by atoms with van der Waals surface area (Å²) in [4.78, 5) is 17.2. The van der Waals surface area contributed by atoms with E-state index in [1.54, 1.807) is 19.2 Å². The molecule has 28 heavy (non-hydrogen) atoms. The summed E-state index contributed by atoms with van der Waals surface area (Å²) < 4.78 is 16.9. The van der Waals surface area contributed by atoms with Gasteiger partial charge in [0.15, 0.2) is 11.5 Å². The van der Waals surface area contributed by atoms with Crippen molar-refractivity contribution in [2.24, 2.45) is 5.92 Å². The Balaban J connectivity index is 1.61. The van der Waals surface area contributed by atoms with Crippen molar-refractivity contribution in [1.29, 1.82) is 0 Å². The highest BCUT2D eigenvalue weighted by atomic mass is 35.5. The van der Waals surface area contributed by atoms with Gasteiger partial charge in [0.1, 0.15) is 0 Å². The third kappa shape index (κ3) is 5.31. The Morgan fingerprint density at radius 2 is 2.04 bits per heavy atom. The molecule has 1 aromatic rings. The number of nitrogens with zero attached hydrogens (tertiary/aromatic N) is 2. The molecular weight excluding hydrogens is 380 g/mol. The Bertz CT molecular complexity index is 669. The Hall–Kier alpha value is -1.50. The molecule has 0 spiro atoms. The SMILES string of the molecule is COc1cc(C(=O)N2CCN(CC3CCCO3)CC2)cc(Cl)c1OCC(C)C. The number of hydrogen-bond donors (Lipinski definition) is 0. The molecule has 0 N–H and O–H groups in total. The summed E-state index contributed by atoms with van der Waals surface area (Å²) in [5.74, 6) is 1.34. The fraction of sp³-hybridized carbons (Fsp3) is 0.667. The molecule has 0 bridgehead atoms. The van der Waals surface area contributed by atoms with Gasteiger partial charge >= 0.3 is 0 Å². The van der Waals surface area contributed by atoms with Crippen LogP contribution in [0.1, 0.15) is 37.0 Å². The number of benzene rings is 1. The second-order valence-corrected chi connectivity index (χ2v) is 8.33. The van der Waals surface area contributed by atoms with E-state index in [-0.39, 0.29) is 5.91 Å². The van der Waals surface area contributed by atoms with Gasteiger partial charge in [0.2, 0.25) is 0 Å². The van der Waals surface area contributed by atoms with Gasteiger partial charge in [0.25, 0.3) is 5.91 Å². The van der Waals surface area contributed by atoms with Gasteiger partial charge in [0, 0.05) is 44.9 Å². The van der Waals surface area contributed by atoms with Crippen molar-refractivity contribution in [2.75, 3.05) is 53.0 Å². The summed E-state index contributed by atoms with van der Waals surface area (Å²) in [6.45, 7) is 9.65. The number of halogens is 1. The number of ether oxygens (including phenoxy) is 3. The number of amides is 1. The van der Waals surface area contributed by atoms with Crippen molar-refractivity contribution in [3.8, 4) is 11.5 Å². The largest absolute Gasteiger partial charge is 0.493 e. The quantitative estimate of drug-likeness (QED) is 0.690. The highest BCUT2D eigenvalue weighted by Gasteiger charge is 2.26. The van der Waals surface area contributed by atoms with Crippen LogP contribution in [0.2, 0.25) is 5.02 Å². The Labute approximate surface area is 172 Å². The zero-order valence-electron chi connectivity index (χ0n) is 17.1. The van der Waals surface area contributed by atoms with Crippen LogP contribution in [-0.4, -0.2) is 74.9 Å². The van der Waals surface area contributed by atoms with Crippen molar-refractivity contribution in [1.82, 2.24) is 9.80 Å². The first kappa shape index (κ1) is 21.2. The van der Waals surface area contributed by atoms with Gasteiger partial charge in [-0.25, -0.2) is 0 Å².